The van der Waals surface area contributed by atoms with E-state index in [0.717, 1.165) is 54.6 Å². The van der Waals surface area contributed by atoms with Gasteiger partial charge in [-0.1, -0.05) is 30.3 Å². The number of hydrogen-bond acceptors (Lipinski definition) is 6. The average Bonchev–Trinajstić information content (AvgIpc) is 3.26. The molecule has 1 atom stereocenters. The first-order valence-corrected chi connectivity index (χ1v) is 10.6. The summed E-state index contributed by atoms with van der Waals surface area (Å²) in [7, 11) is 0. The van der Waals surface area contributed by atoms with Crippen LogP contribution in [0.1, 0.15) is 24.1 Å². The number of rotatable bonds is 6. The minimum Gasteiger partial charge on any atom is -0.339 e. The van der Waals surface area contributed by atoms with Gasteiger partial charge in [0.15, 0.2) is 5.13 Å². The molecule has 0 bridgehead atoms. The predicted molar refractivity (Wildman–Crippen MR) is 116 cm³/mol. The molecule has 1 amide bonds. The van der Waals surface area contributed by atoms with Gasteiger partial charge in [-0.05, 0) is 36.8 Å². The summed E-state index contributed by atoms with van der Waals surface area (Å²) >= 11 is 1.53. The molecule has 148 valence electrons. The molecular formula is C22H23N5OS. The summed E-state index contributed by atoms with van der Waals surface area (Å²) in [6.07, 6.45) is 9.86. The van der Waals surface area contributed by atoms with Crippen LogP contribution in [0, 0.1) is 5.92 Å². The van der Waals surface area contributed by atoms with Crippen LogP contribution in [0.4, 0.5) is 10.9 Å². The number of anilines is 2. The van der Waals surface area contributed by atoms with Crippen LogP contribution >= 0.6 is 11.3 Å². The first-order valence-electron chi connectivity index (χ1n) is 9.76. The Bertz CT molecular complexity index is 958. The van der Waals surface area contributed by atoms with E-state index in [1.807, 2.05) is 52.8 Å². The van der Waals surface area contributed by atoms with Crippen LogP contribution in [0.3, 0.4) is 0 Å². The second-order valence-corrected chi connectivity index (χ2v) is 7.99. The van der Waals surface area contributed by atoms with Gasteiger partial charge < -0.3 is 10.2 Å². The van der Waals surface area contributed by atoms with Gasteiger partial charge in [-0.15, -0.1) is 11.3 Å². The van der Waals surface area contributed by atoms with Gasteiger partial charge in [0.25, 0.3) is 0 Å². The lowest BCUT2D eigenvalue weighted by Gasteiger charge is -2.32. The molecule has 1 aromatic carbocycles. The number of nitrogens with one attached hydrogen (secondary N) is 1. The topological polar surface area (TPSA) is 71.0 Å². The lowest BCUT2D eigenvalue weighted by Crippen LogP contribution is -2.39. The Morgan fingerprint density at radius 3 is 2.97 bits per heavy atom. The number of aromatic nitrogens is 3. The number of hydrogen-bond donors (Lipinski definition) is 1. The molecule has 29 heavy (non-hydrogen) atoms. The highest BCUT2D eigenvalue weighted by atomic mass is 32.1. The monoisotopic (exact) mass is 405 g/mol. The van der Waals surface area contributed by atoms with E-state index >= 15 is 0 Å². The summed E-state index contributed by atoms with van der Waals surface area (Å²) in [5.74, 6) is 1.23. The molecule has 1 aliphatic rings. The Morgan fingerprint density at radius 2 is 2.14 bits per heavy atom. The van der Waals surface area contributed by atoms with E-state index in [1.165, 1.54) is 11.3 Å². The molecule has 0 unspecified atom stereocenters. The number of likely N-dealkylation sites (tertiary alicyclic amines) is 1. The maximum Gasteiger partial charge on any atom is 0.246 e. The Kier molecular flexibility index (Phi) is 6.26. The molecule has 0 aliphatic carbocycles. The summed E-state index contributed by atoms with van der Waals surface area (Å²) in [4.78, 5) is 27.5. The van der Waals surface area contributed by atoms with Crippen molar-refractivity contribution in [2.24, 2.45) is 5.92 Å². The van der Waals surface area contributed by atoms with Crippen molar-refractivity contribution in [3.05, 3.63) is 71.6 Å². The van der Waals surface area contributed by atoms with Crippen LogP contribution in [-0.4, -0.2) is 38.8 Å². The first kappa shape index (κ1) is 19.3. The standard InChI is InChI=1S/C22H23N5OS/c28-21(9-8-17-5-2-1-3-6-17)27-11-4-7-18(15-27)13-19-14-20(25-16-24-19)26-22-23-10-12-29-22/h1-3,5-6,8-10,12,14,16,18H,4,7,11,13,15H2,(H,23,24,25,26)/b9-8+/t18-/m1/s1. The number of carbonyl (C=O) groups is 1. The molecule has 1 fully saturated rings. The van der Waals surface area contributed by atoms with Crippen molar-refractivity contribution >= 4 is 34.3 Å². The molecule has 1 N–H and O–H groups in total. The van der Waals surface area contributed by atoms with E-state index in [2.05, 4.69) is 20.3 Å². The van der Waals surface area contributed by atoms with Gasteiger partial charge in [0, 0.05) is 42.5 Å². The highest BCUT2D eigenvalue weighted by Crippen LogP contribution is 2.22. The van der Waals surface area contributed by atoms with Gasteiger partial charge in [0.2, 0.25) is 5.91 Å². The molecule has 0 spiro atoms. The molecule has 3 heterocycles. The molecular weight excluding hydrogens is 382 g/mol. The largest absolute Gasteiger partial charge is 0.339 e. The number of benzene rings is 1. The van der Waals surface area contributed by atoms with E-state index in [0.29, 0.717) is 5.92 Å². The Labute approximate surface area is 174 Å². The van der Waals surface area contributed by atoms with E-state index in [4.69, 9.17) is 0 Å². The molecule has 6 nitrogen and oxygen atoms in total. The molecule has 7 heteroatoms. The maximum atomic E-state index is 12.6. The van der Waals surface area contributed by atoms with Crippen LogP contribution in [0.25, 0.3) is 6.08 Å². The minimum atomic E-state index is 0.0763. The van der Waals surface area contributed by atoms with E-state index in [-0.39, 0.29) is 5.91 Å². The van der Waals surface area contributed by atoms with E-state index in [9.17, 15) is 4.79 Å². The molecule has 1 aliphatic heterocycles. The van der Waals surface area contributed by atoms with Gasteiger partial charge in [0.05, 0.1) is 0 Å². The normalized spacial score (nSPS) is 16.8. The van der Waals surface area contributed by atoms with Crippen molar-refractivity contribution in [2.45, 2.75) is 19.3 Å². The lowest BCUT2D eigenvalue weighted by atomic mass is 9.93. The SMILES string of the molecule is O=C(/C=C/c1ccccc1)N1CCC[C@H](Cc2cc(Nc3nccs3)ncn2)C1. The molecule has 1 saturated heterocycles. The van der Waals surface area contributed by atoms with Gasteiger partial charge in [-0.2, -0.15) is 0 Å². The van der Waals surface area contributed by atoms with Gasteiger partial charge in [-0.25, -0.2) is 15.0 Å². The number of piperidine rings is 1. The van der Waals surface area contributed by atoms with E-state index in [1.54, 1.807) is 18.6 Å². The quantitative estimate of drug-likeness (QED) is 0.623. The Morgan fingerprint density at radius 1 is 1.24 bits per heavy atom. The van der Waals surface area contributed by atoms with Gasteiger partial charge in [-0.3, -0.25) is 4.79 Å². The van der Waals surface area contributed by atoms with Crippen molar-refractivity contribution in [2.75, 3.05) is 18.4 Å². The van der Waals surface area contributed by atoms with Gasteiger partial charge >= 0.3 is 0 Å². The van der Waals surface area contributed by atoms with Crippen LogP contribution in [0.2, 0.25) is 0 Å². The van der Waals surface area contributed by atoms with Crippen molar-refractivity contribution in [3.8, 4) is 0 Å². The molecule has 0 radical (unpaired) electrons. The highest BCUT2D eigenvalue weighted by Gasteiger charge is 2.23. The second kappa shape index (κ2) is 9.43. The van der Waals surface area contributed by atoms with Crippen molar-refractivity contribution in [3.63, 3.8) is 0 Å². The van der Waals surface area contributed by atoms with E-state index < -0.39 is 0 Å². The summed E-state index contributed by atoms with van der Waals surface area (Å²) in [5.41, 5.74) is 2.02. The Hall–Kier alpha value is -3.06. The summed E-state index contributed by atoms with van der Waals surface area (Å²) in [6, 6.07) is 11.9. The molecule has 3 aromatic rings. The van der Waals surface area contributed by atoms with Crippen molar-refractivity contribution < 1.29 is 4.79 Å². The van der Waals surface area contributed by atoms with Crippen molar-refractivity contribution in [1.29, 1.82) is 0 Å². The smallest absolute Gasteiger partial charge is 0.246 e. The number of thiazole rings is 1. The van der Waals surface area contributed by atoms with Crippen LogP contribution in [0.5, 0.6) is 0 Å². The summed E-state index contributed by atoms with van der Waals surface area (Å²) < 4.78 is 0. The first-order chi connectivity index (χ1) is 14.3. The zero-order chi connectivity index (χ0) is 19.9. The minimum absolute atomic E-state index is 0.0763. The fourth-order valence-corrected chi connectivity index (χ4v) is 4.07. The molecule has 4 rings (SSSR count). The third-order valence-corrected chi connectivity index (χ3v) is 5.63. The lowest BCUT2D eigenvalue weighted by molar-refractivity contribution is -0.127. The third kappa shape index (κ3) is 5.48. The summed E-state index contributed by atoms with van der Waals surface area (Å²) in [5, 5.41) is 5.94. The maximum absolute atomic E-state index is 12.6. The molecule has 0 saturated carbocycles. The van der Waals surface area contributed by atoms with Gasteiger partial charge in [0.1, 0.15) is 12.1 Å². The van der Waals surface area contributed by atoms with Crippen LogP contribution in [-0.2, 0) is 11.2 Å². The van der Waals surface area contributed by atoms with Crippen LogP contribution in [0.15, 0.2) is 60.4 Å². The highest BCUT2D eigenvalue weighted by molar-refractivity contribution is 7.13. The number of nitrogens with zero attached hydrogens (tertiary/aromatic N) is 4. The van der Waals surface area contributed by atoms with Crippen LogP contribution < -0.4 is 5.32 Å². The fourth-order valence-electron chi connectivity index (χ4n) is 3.54. The zero-order valence-corrected chi connectivity index (χ0v) is 16.9. The molecule has 2 aromatic heterocycles. The zero-order valence-electron chi connectivity index (χ0n) is 16.1. The number of amides is 1. The number of carbonyl (C=O) groups excluding carboxylic acids is 1. The van der Waals surface area contributed by atoms with Crippen molar-refractivity contribution in [1.82, 2.24) is 19.9 Å². The average molecular weight is 406 g/mol. The summed E-state index contributed by atoms with van der Waals surface area (Å²) in [6.45, 7) is 1.58. The second-order valence-electron chi connectivity index (χ2n) is 7.10. The predicted octanol–water partition coefficient (Wildman–Crippen LogP) is 4.17. The Balaban J connectivity index is 1.35. The third-order valence-electron chi connectivity index (χ3n) is 4.94. The fraction of sp³-hybridized carbons (Fsp3) is 0.273.